The van der Waals surface area contributed by atoms with Crippen molar-refractivity contribution in [2.75, 3.05) is 0 Å². The molecular weight excluding hydrogens is 334 g/mol. The number of urea groups is 1. The third kappa shape index (κ3) is 4.48. The topological polar surface area (TPSA) is 163 Å². The van der Waals surface area contributed by atoms with Crippen LogP contribution in [0.2, 0.25) is 0 Å². The van der Waals surface area contributed by atoms with Crippen LogP contribution >= 0.6 is 0 Å². The van der Waals surface area contributed by atoms with E-state index in [2.05, 4.69) is 5.10 Å². The average molecular weight is 345 g/mol. The SMILES string of the molecule is NC(=O)NN=Cc1ccccc1Oc1ccc([N+](=O)[O-])cc1[N+](=O)[O-]. The van der Waals surface area contributed by atoms with Crippen molar-refractivity contribution < 1.29 is 19.4 Å². The molecule has 2 aromatic carbocycles. The molecule has 2 rings (SSSR count). The van der Waals surface area contributed by atoms with Crippen molar-refractivity contribution in [1.82, 2.24) is 5.43 Å². The average Bonchev–Trinajstić information content (AvgIpc) is 2.56. The smallest absolute Gasteiger partial charge is 0.332 e. The standard InChI is InChI=1S/C14H11N5O6/c15-14(20)17-16-8-9-3-1-2-4-12(9)25-13-6-5-10(18(21)22)7-11(13)19(23)24/h1-8H,(H3,15,17,20). The number of rotatable bonds is 6. The molecule has 3 N–H and O–H groups in total. The zero-order valence-electron chi connectivity index (χ0n) is 12.5. The Labute approximate surface area is 140 Å². The molecule has 0 radical (unpaired) electrons. The Morgan fingerprint density at radius 1 is 1.12 bits per heavy atom. The Kier molecular flexibility index (Phi) is 5.20. The van der Waals surface area contributed by atoms with Crippen LogP contribution in [0.5, 0.6) is 11.5 Å². The molecule has 0 bridgehead atoms. The lowest BCUT2D eigenvalue weighted by Crippen LogP contribution is -2.24. The summed E-state index contributed by atoms with van der Waals surface area (Å²) in [7, 11) is 0. The van der Waals surface area contributed by atoms with Crippen molar-refractivity contribution in [3.05, 3.63) is 68.3 Å². The summed E-state index contributed by atoms with van der Waals surface area (Å²) in [4.78, 5) is 31.0. The lowest BCUT2D eigenvalue weighted by molar-refractivity contribution is -0.394. The van der Waals surface area contributed by atoms with Crippen molar-refractivity contribution >= 4 is 23.6 Å². The summed E-state index contributed by atoms with van der Waals surface area (Å²) < 4.78 is 5.49. The molecular formula is C14H11N5O6. The number of non-ortho nitro benzene ring substituents is 1. The Morgan fingerprint density at radius 3 is 2.48 bits per heavy atom. The number of hydrazone groups is 1. The van der Waals surface area contributed by atoms with Gasteiger partial charge in [0.15, 0.2) is 0 Å². The fourth-order valence-corrected chi connectivity index (χ4v) is 1.81. The molecule has 128 valence electrons. The number of benzene rings is 2. The summed E-state index contributed by atoms with van der Waals surface area (Å²) in [5, 5.41) is 25.5. The lowest BCUT2D eigenvalue weighted by Gasteiger charge is -2.08. The van der Waals surface area contributed by atoms with Crippen LogP contribution in [-0.4, -0.2) is 22.1 Å². The number of ether oxygens (including phenoxy) is 1. The highest BCUT2D eigenvalue weighted by Crippen LogP contribution is 2.35. The summed E-state index contributed by atoms with van der Waals surface area (Å²) in [6.45, 7) is 0. The van der Waals surface area contributed by atoms with Crippen molar-refractivity contribution in [2.45, 2.75) is 0 Å². The van der Waals surface area contributed by atoms with Crippen LogP contribution in [0.3, 0.4) is 0 Å². The van der Waals surface area contributed by atoms with Gasteiger partial charge in [0.25, 0.3) is 5.69 Å². The number of hydrogen-bond donors (Lipinski definition) is 2. The van der Waals surface area contributed by atoms with E-state index in [1.165, 1.54) is 12.3 Å². The number of hydrogen-bond acceptors (Lipinski definition) is 7. The number of carbonyl (C=O) groups is 1. The van der Waals surface area contributed by atoms with Gasteiger partial charge in [-0.05, 0) is 18.2 Å². The molecule has 0 aromatic heterocycles. The summed E-state index contributed by atoms with van der Waals surface area (Å²) in [6.07, 6.45) is 1.23. The van der Waals surface area contributed by atoms with E-state index >= 15 is 0 Å². The maximum Gasteiger partial charge on any atom is 0.332 e. The number of nitro groups is 2. The monoisotopic (exact) mass is 345 g/mol. The van der Waals surface area contributed by atoms with Gasteiger partial charge in [-0.15, -0.1) is 0 Å². The van der Waals surface area contributed by atoms with E-state index in [1.807, 2.05) is 5.43 Å². The third-order valence-electron chi connectivity index (χ3n) is 2.87. The number of amides is 2. The predicted octanol–water partition coefficient (Wildman–Crippen LogP) is 2.30. The molecule has 0 heterocycles. The van der Waals surface area contributed by atoms with Gasteiger partial charge < -0.3 is 10.5 Å². The number of nitro benzene ring substituents is 2. The lowest BCUT2D eigenvalue weighted by atomic mass is 10.2. The number of nitrogens with two attached hydrogens (primary N) is 1. The fraction of sp³-hybridized carbons (Fsp3) is 0. The van der Waals surface area contributed by atoms with Crippen LogP contribution in [0.15, 0.2) is 47.6 Å². The van der Waals surface area contributed by atoms with Crippen LogP contribution in [0.25, 0.3) is 0 Å². The van der Waals surface area contributed by atoms with Crippen LogP contribution < -0.4 is 15.9 Å². The highest BCUT2D eigenvalue weighted by molar-refractivity contribution is 5.85. The summed E-state index contributed by atoms with van der Waals surface area (Å²) in [5.74, 6) is 0.00813. The van der Waals surface area contributed by atoms with E-state index in [4.69, 9.17) is 10.5 Å². The van der Waals surface area contributed by atoms with Gasteiger partial charge in [0.1, 0.15) is 5.75 Å². The molecule has 2 amide bonds. The zero-order valence-corrected chi connectivity index (χ0v) is 12.5. The van der Waals surface area contributed by atoms with Gasteiger partial charge in [0, 0.05) is 11.6 Å². The van der Waals surface area contributed by atoms with Gasteiger partial charge in [0.2, 0.25) is 5.75 Å². The van der Waals surface area contributed by atoms with Crippen LogP contribution in [-0.2, 0) is 0 Å². The van der Waals surface area contributed by atoms with Crippen molar-refractivity contribution in [3.63, 3.8) is 0 Å². The van der Waals surface area contributed by atoms with E-state index in [0.717, 1.165) is 18.2 Å². The molecule has 2 aromatic rings. The number of nitrogens with zero attached hydrogens (tertiary/aromatic N) is 3. The number of para-hydroxylation sites is 1. The number of nitrogens with one attached hydrogen (secondary N) is 1. The molecule has 0 unspecified atom stereocenters. The Morgan fingerprint density at radius 2 is 1.84 bits per heavy atom. The van der Waals surface area contributed by atoms with Gasteiger partial charge in [-0.1, -0.05) is 12.1 Å². The minimum Gasteiger partial charge on any atom is -0.449 e. The first-order valence-electron chi connectivity index (χ1n) is 6.66. The minimum absolute atomic E-state index is 0.181. The van der Waals surface area contributed by atoms with Crippen molar-refractivity contribution in [1.29, 1.82) is 0 Å². The highest BCUT2D eigenvalue weighted by atomic mass is 16.6. The Bertz CT molecular complexity index is 867. The van der Waals surface area contributed by atoms with Crippen molar-refractivity contribution in [3.8, 4) is 11.5 Å². The van der Waals surface area contributed by atoms with Gasteiger partial charge in [-0.2, -0.15) is 5.10 Å². The summed E-state index contributed by atoms with van der Waals surface area (Å²) in [6, 6.07) is 8.53. The second-order valence-corrected chi connectivity index (χ2v) is 4.54. The van der Waals surface area contributed by atoms with E-state index < -0.39 is 27.3 Å². The van der Waals surface area contributed by atoms with Gasteiger partial charge in [-0.3, -0.25) is 20.2 Å². The maximum absolute atomic E-state index is 11.1. The molecule has 0 aliphatic heterocycles. The molecule has 0 atom stereocenters. The molecule has 0 saturated carbocycles. The zero-order chi connectivity index (χ0) is 18.4. The number of carbonyl (C=O) groups excluding carboxylic acids is 1. The number of primary amides is 1. The van der Waals surface area contributed by atoms with E-state index in [-0.39, 0.29) is 11.5 Å². The summed E-state index contributed by atoms with van der Waals surface area (Å²) >= 11 is 0. The third-order valence-corrected chi connectivity index (χ3v) is 2.87. The van der Waals surface area contributed by atoms with E-state index in [1.54, 1.807) is 18.2 Å². The largest absolute Gasteiger partial charge is 0.449 e. The second-order valence-electron chi connectivity index (χ2n) is 4.54. The molecule has 0 aliphatic carbocycles. The van der Waals surface area contributed by atoms with Gasteiger partial charge >= 0.3 is 11.7 Å². The van der Waals surface area contributed by atoms with Crippen LogP contribution in [0.4, 0.5) is 16.2 Å². The molecule has 25 heavy (non-hydrogen) atoms. The molecule has 0 spiro atoms. The van der Waals surface area contributed by atoms with Crippen LogP contribution in [0, 0.1) is 20.2 Å². The van der Waals surface area contributed by atoms with Gasteiger partial charge in [-0.25, -0.2) is 10.2 Å². The molecule has 0 fully saturated rings. The first-order valence-corrected chi connectivity index (χ1v) is 6.66. The molecule has 0 saturated heterocycles. The minimum atomic E-state index is -0.861. The normalized spacial score (nSPS) is 10.4. The quantitative estimate of drug-likeness (QED) is 0.463. The Hall–Kier alpha value is -4.02. The second kappa shape index (κ2) is 7.50. The highest BCUT2D eigenvalue weighted by Gasteiger charge is 2.21. The predicted molar refractivity (Wildman–Crippen MR) is 86.6 cm³/mol. The first kappa shape index (κ1) is 17.3. The fourth-order valence-electron chi connectivity index (χ4n) is 1.81. The molecule has 0 aliphatic rings. The van der Waals surface area contributed by atoms with E-state index in [0.29, 0.717) is 5.56 Å². The first-order chi connectivity index (χ1) is 11.9. The van der Waals surface area contributed by atoms with Gasteiger partial charge in [0.05, 0.1) is 22.1 Å². The Balaban J connectivity index is 2.37. The van der Waals surface area contributed by atoms with Crippen molar-refractivity contribution in [2.24, 2.45) is 10.8 Å². The maximum atomic E-state index is 11.1. The molecule has 11 heteroatoms. The summed E-state index contributed by atoms with van der Waals surface area (Å²) in [5.41, 5.74) is 6.29. The van der Waals surface area contributed by atoms with Crippen LogP contribution in [0.1, 0.15) is 5.56 Å². The molecule has 11 nitrogen and oxygen atoms in total. The van der Waals surface area contributed by atoms with E-state index in [9.17, 15) is 25.0 Å².